The lowest BCUT2D eigenvalue weighted by Gasteiger charge is -2.16. The average molecular weight is 326 g/mol. The lowest BCUT2D eigenvalue weighted by atomic mass is 10.2. The number of rotatable bonds is 5. The van der Waals surface area contributed by atoms with Crippen LogP contribution >= 0.6 is 7.60 Å². The minimum Gasteiger partial charge on any atom is -0.455 e. The van der Waals surface area contributed by atoms with Crippen LogP contribution in [0.1, 0.15) is 11.4 Å². The van der Waals surface area contributed by atoms with E-state index in [-0.39, 0.29) is 17.1 Å². The first-order valence-electron chi connectivity index (χ1n) is 5.88. The number of aromatic nitrogens is 1. The Labute approximate surface area is 124 Å². The Balaban J connectivity index is 2.48. The number of nitro groups is 1. The van der Waals surface area contributed by atoms with Gasteiger partial charge in [0, 0.05) is 23.9 Å². The van der Waals surface area contributed by atoms with E-state index in [0.29, 0.717) is 0 Å². The molecule has 1 aromatic heterocycles. The van der Waals surface area contributed by atoms with Crippen LogP contribution in [0.15, 0.2) is 42.7 Å². The third-order valence-electron chi connectivity index (χ3n) is 2.66. The number of pyridine rings is 1. The van der Waals surface area contributed by atoms with Crippen molar-refractivity contribution in [1.29, 1.82) is 0 Å². The lowest BCUT2D eigenvalue weighted by Crippen LogP contribution is -2.02. The zero-order chi connectivity index (χ0) is 16.3. The molecule has 0 radical (unpaired) electrons. The molecule has 0 amide bonds. The minimum absolute atomic E-state index is 0.116. The van der Waals surface area contributed by atoms with Gasteiger partial charge in [0.15, 0.2) is 5.85 Å². The number of hydrogen-bond donors (Lipinski definition) is 3. The average Bonchev–Trinajstić information content (AvgIpc) is 2.47. The first kappa shape index (κ1) is 16.1. The molecular weight excluding hydrogens is 315 g/mol. The van der Waals surface area contributed by atoms with Gasteiger partial charge in [-0.15, -0.1) is 0 Å². The van der Waals surface area contributed by atoms with Gasteiger partial charge in [-0.2, -0.15) is 0 Å². The maximum absolute atomic E-state index is 11.2. The first-order valence-corrected chi connectivity index (χ1v) is 7.56. The molecule has 0 aliphatic heterocycles. The summed E-state index contributed by atoms with van der Waals surface area (Å²) in [6.45, 7) is 0. The van der Waals surface area contributed by atoms with Crippen molar-refractivity contribution in [1.82, 2.24) is 4.98 Å². The molecule has 0 saturated heterocycles. The number of nitrogens with zero attached hydrogens (tertiary/aromatic N) is 2. The van der Waals surface area contributed by atoms with Crippen LogP contribution in [0.25, 0.3) is 0 Å². The summed E-state index contributed by atoms with van der Waals surface area (Å²) >= 11 is 0. The van der Waals surface area contributed by atoms with Gasteiger partial charge in [0.05, 0.1) is 11.1 Å². The normalized spacial score (nSPS) is 12.7. The van der Waals surface area contributed by atoms with Gasteiger partial charge in [0.2, 0.25) is 0 Å². The molecule has 9 nitrogen and oxygen atoms in total. The molecule has 1 heterocycles. The van der Waals surface area contributed by atoms with Crippen LogP contribution in [-0.4, -0.2) is 24.8 Å². The van der Waals surface area contributed by atoms with Crippen molar-refractivity contribution in [3.8, 4) is 11.5 Å². The van der Waals surface area contributed by atoms with E-state index in [0.717, 1.165) is 18.2 Å². The predicted octanol–water partition coefficient (Wildman–Crippen LogP) is 1.95. The molecular formula is C12H11N2O7P. The SMILES string of the molecule is O=[N+]([O-])c1ccc(Oc2cccnc2)c(C(O)P(=O)(O)O)c1. The van der Waals surface area contributed by atoms with E-state index in [1.165, 1.54) is 18.5 Å². The van der Waals surface area contributed by atoms with Crippen LogP contribution in [-0.2, 0) is 4.57 Å². The van der Waals surface area contributed by atoms with Crippen molar-refractivity contribution in [2.24, 2.45) is 0 Å². The summed E-state index contributed by atoms with van der Waals surface area (Å²) in [6.07, 6.45) is 2.84. The Morgan fingerprint density at radius 2 is 2.05 bits per heavy atom. The number of aliphatic hydroxyl groups excluding tert-OH is 1. The number of aliphatic hydroxyl groups is 1. The van der Waals surface area contributed by atoms with Gasteiger partial charge in [0.1, 0.15) is 11.5 Å². The minimum atomic E-state index is -4.92. The number of ether oxygens (including phenoxy) is 1. The fraction of sp³-hybridized carbons (Fsp3) is 0.0833. The Morgan fingerprint density at radius 1 is 1.32 bits per heavy atom. The van der Waals surface area contributed by atoms with E-state index in [1.807, 2.05) is 0 Å². The Kier molecular flexibility index (Phi) is 4.53. The summed E-state index contributed by atoms with van der Waals surface area (Å²) in [5.41, 5.74) is -0.813. The van der Waals surface area contributed by atoms with Gasteiger partial charge in [-0.05, 0) is 18.2 Å². The molecule has 0 bridgehead atoms. The third kappa shape index (κ3) is 3.66. The van der Waals surface area contributed by atoms with Crippen molar-refractivity contribution >= 4 is 13.3 Å². The monoisotopic (exact) mass is 326 g/mol. The molecule has 3 N–H and O–H groups in total. The first-order chi connectivity index (χ1) is 10.3. The van der Waals surface area contributed by atoms with Crippen LogP contribution in [0.2, 0.25) is 0 Å². The second kappa shape index (κ2) is 6.20. The third-order valence-corrected chi connectivity index (χ3v) is 3.58. The lowest BCUT2D eigenvalue weighted by molar-refractivity contribution is -0.385. The second-order valence-electron chi connectivity index (χ2n) is 4.23. The maximum Gasteiger partial charge on any atom is 0.358 e. The van der Waals surface area contributed by atoms with Gasteiger partial charge in [-0.3, -0.25) is 19.7 Å². The van der Waals surface area contributed by atoms with Crippen LogP contribution in [0.4, 0.5) is 5.69 Å². The van der Waals surface area contributed by atoms with Gasteiger partial charge >= 0.3 is 7.60 Å². The summed E-state index contributed by atoms with van der Waals surface area (Å²) in [5.74, 6) is -2.11. The molecule has 0 aliphatic carbocycles. The molecule has 1 atom stereocenters. The highest BCUT2D eigenvalue weighted by Gasteiger charge is 2.32. The molecule has 1 aromatic carbocycles. The van der Waals surface area contributed by atoms with Crippen molar-refractivity contribution in [3.63, 3.8) is 0 Å². The standard InChI is InChI=1S/C12H11N2O7P/c15-12(22(18,19)20)10-6-8(14(16)17)3-4-11(10)21-9-2-1-5-13-7-9/h1-7,12,15H,(H2,18,19,20). The Bertz CT molecular complexity index is 732. The Morgan fingerprint density at radius 3 is 2.59 bits per heavy atom. The topological polar surface area (TPSA) is 143 Å². The van der Waals surface area contributed by atoms with Crippen molar-refractivity contribution in [2.75, 3.05) is 0 Å². The number of benzene rings is 1. The van der Waals surface area contributed by atoms with Gasteiger partial charge in [-0.1, -0.05) is 0 Å². The van der Waals surface area contributed by atoms with Crippen LogP contribution in [0.3, 0.4) is 0 Å². The van der Waals surface area contributed by atoms with E-state index >= 15 is 0 Å². The molecule has 116 valence electrons. The molecule has 0 fully saturated rings. The summed E-state index contributed by atoms with van der Waals surface area (Å²) in [4.78, 5) is 32.0. The highest BCUT2D eigenvalue weighted by Crippen LogP contribution is 2.52. The number of hydrogen-bond acceptors (Lipinski definition) is 6. The van der Waals surface area contributed by atoms with Crippen LogP contribution < -0.4 is 4.74 Å². The fourth-order valence-corrected chi connectivity index (χ4v) is 2.22. The zero-order valence-electron chi connectivity index (χ0n) is 10.9. The molecule has 0 spiro atoms. The van der Waals surface area contributed by atoms with E-state index in [1.54, 1.807) is 6.07 Å². The van der Waals surface area contributed by atoms with Crippen LogP contribution in [0, 0.1) is 10.1 Å². The molecule has 0 aliphatic rings. The summed E-state index contributed by atoms with van der Waals surface area (Å²) in [5, 5.41) is 20.5. The van der Waals surface area contributed by atoms with Crippen LogP contribution in [0.5, 0.6) is 11.5 Å². The molecule has 2 aromatic rings. The number of nitro benzene ring substituents is 1. The van der Waals surface area contributed by atoms with Crippen molar-refractivity contribution in [2.45, 2.75) is 5.85 Å². The van der Waals surface area contributed by atoms with Gasteiger partial charge < -0.3 is 19.6 Å². The van der Waals surface area contributed by atoms with Crippen molar-refractivity contribution < 1.29 is 29.1 Å². The van der Waals surface area contributed by atoms with Crippen molar-refractivity contribution in [3.05, 3.63) is 58.4 Å². The predicted molar refractivity (Wildman–Crippen MR) is 74.4 cm³/mol. The highest BCUT2D eigenvalue weighted by molar-refractivity contribution is 7.51. The molecule has 0 saturated carbocycles. The summed E-state index contributed by atoms with van der Waals surface area (Å²) in [7, 11) is -4.92. The number of non-ortho nitro benzene ring substituents is 1. The molecule has 2 rings (SSSR count). The zero-order valence-corrected chi connectivity index (χ0v) is 11.8. The van der Waals surface area contributed by atoms with E-state index in [4.69, 9.17) is 14.5 Å². The molecule has 1 unspecified atom stereocenters. The summed E-state index contributed by atoms with van der Waals surface area (Å²) in [6, 6.07) is 6.21. The largest absolute Gasteiger partial charge is 0.455 e. The molecule has 22 heavy (non-hydrogen) atoms. The highest BCUT2D eigenvalue weighted by atomic mass is 31.2. The van der Waals surface area contributed by atoms with Gasteiger partial charge in [0.25, 0.3) is 5.69 Å². The van der Waals surface area contributed by atoms with E-state index in [2.05, 4.69) is 4.98 Å². The van der Waals surface area contributed by atoms with E-state index in [9.17, 15) is 19.8 Å². The molecule has 10 heteroatoms. The van der Waals surface area contributed by atoms with E-state index < -0.39 is 24.1 Å². The maximum atomic E-state index is 11.2. The second-order valence-corrected chi connectivity index (χ2v) is 5.90. The quantitative estimate of drug-likeness (QED) is 0.430. The Hall–Kier alpha value is -2.32. The fourth-order valence-electron chi connectivity index (χ4n) is 1.66. The smallest absolute Gasteiger partial charge is 0.358 e. The van der Waals surface area contributed by atoms with Gasteiger partial charge in [-0.25, -0.2) is 0 Å². The summed E-state index contributed by atoms with van der Waals surface area (Å²) < 4.78 is 16.6.